The maximum atomic E-state index is 9.40. The van der Waals surface area contributed by atoms with Crippen LogP contribution in [-0.2, 0) is 0 Å². The molecule has 2 aromatic heterocycles. The van der Waals surface area contributed by atoms with E-state index in [0.717, 1.165) is 38.9 Å². The molecule has 0 aliphatic heterocycles. The predicted molar refractivity (Wildman–Crippen MR) is 222 cm³/mol. The van der Waals surface area contributed by atoms with Gasteiger partial charge in [0.2, 0.25) is 0 Å². The fraction of sp³-hybridized carbons (Fsp3) is 0. The SMILES string of the molecule is N#Cc1cccc(-c2ccc(-c3nc(-c4ccccc4)nc(-c4ccccc4Oc4cccc(-c5nc(-c6ccccc6)nc(-c6ccccc6)n5)c4)n3)cc2)c1. The molecule has 0 fully saturated rings. The molecule has 0 saturated heterocycles. The van der Waals surface area contributed by atoms with Gasteiger partial charge in [-0.05, 0) is 47.5 Å². The maximum Gasteiger partial charge on any atom is 0.167 e. The molecule has 9 aromatic rings. The Bertz CT molecular complexity index is 2820. The van der Waals surface area contributed by atoms with E-state index in [2.05, 4.69) is 6.07 Å². The second-order valence-corrected chi connectivity index (χ2v) is 13.1. The van der Waals surface area contributed by atoms with E-state index in [4.69, 9.17) is 34.6 Å². The van der Waals surface area contributed by atoms with E-state index in [1.54, 1.807) is 6.07 Å². The minimum absolute atomic E-state index is 0.467. The first-order valence-corrected chi connectivity index (χ1v) is 18.3. The fourth-order valence-electron chi connectivity index (χ4n) is 6.43. The molecule has 0 unspecified atom stereocenters. The normalized spacial score (nSPS) is 10.8. The first-order valence-electron chi connectivity index (χ1n) is 18.3. The molecule has 0 spiro atoms. The minimum atomic E-state index is 0.467. The zero-order valence-electron chi connectivity index (χ0n) is 30.4. The van der Waals surface area contributed by atoms with Crippen molar-refractivity contribution in [2.24, 2.45) is 0 Å². The average Bonchev–Trinajstić information content (AvgIpc) is 3.30. The fourth-order valence-corrected chi connectivity index (χ4v) is 6.43. The van der Waals surface area contributed by atoms with Crippen LogP contribution in [0.3, 0.4) is 0 Å². The van der Waals surface area contributed by atoms with E-state index in [1.165, 1.54) is 0 Å². The summed E-state index contributed by atoms with van der Waals surface area (Å²) in [6.07, 6.45) is 0. The van der Waals surface area contributed by atoms with Crippen molar-refractivity contribution >= 4 is 0 Å². The van der Waals surface area contributed by atoms with Crippen LogP contribution in [0.25, 0.3) is 79.5 Å². The number of hydrogen-bond acceptors (Lipinski definition) is 8. The molecule has 0 aliphatic rings. The van der Waals surface area contributed by atoms with Gasteiger partial charge in [0.1, 0.15) is 11.5 Å². The highest BCUT2D eigenvalue weighted by Crippen LogP contribution is 2.35. The third-order valence-electron chi connectivity index (χ3n) is 9.28. The van der Waals surface area contributed by atoms with Gasteiger partial charge < -0.3 is 4.74 Å². The van der Waals surface area contributed by atoms with Crippen molar-refractivity contribution in [1.29, 1.82) is 5.26 Å². The van der Waals surface area contributed by atoms with E-state index < -0.39 is 0 Å². The lowest BCUT2D eigenvalue weighted by Gasteiger charge is -2.13. The third-order valence-corrected chi connectivity index (χ3v) is 9.28. The molecule has 9 rings (SSSR count). The molecule has 8 nitrogen and oxygen atoms in total. The number of para-hydroxylation sites is 1. The van der Waals surface area contributed by atoms with Crippen LogP contribution in [0.5, 0.6) is 11.5 Å². The van der Waals surface area contributed by atoms with Crippen LogP contribution >= 0.6 is 0 Å². The summed E-state index contributed by atoms with van der Waals surface area (Å²) in [6, 6.07) is 62.9. The van der Waals surface area contributed by atoms with Crippen molar-refractivity contribution in [3.05, 3.63) is 194 Å². The monoisotopic (exact) mass is 733 g/mol. The van der Waals surface area contributed by atoms with Gasteiger partial charge in [-0.15, -0.1) is 0 Å². The number of benzene rings is 7. The standard InChI is InChI=1S/C49H31N7O/c50-32-33-14-12-21-39(30-33)34-26-28-38(29-27-34)47-52-46(37-19-8-3-9-20-37)55-49(56-47)42-24-10-11-25-43(42)57-41-23-13-22-40(31-41)48-53-44(35-15-4-1-5-16-35)51-45(54-48)36-17-6-2-7-18-36/h1-31H. The summed E-state index contributed by atoms with van der Waals surface area (Å²) in [5, 5.41) is 9.40. The number of aromatic nitrogens is 6. The average molecular weight is 734 g/mol. The van der Waals surface area contributed by atoms with Crippen LogP contribution < -0.4 is 4.74 Å². The lowest BCUT2D eigenvalue weighted by molar-refractivity contribution is 0.484. The molecule has 268 valence electrons. The van der Waals surface area contributed by atoms with Crippen LogP contribution in [0.1, 0.15) is 5.56 Å². The Kier molecular flexibility index (Phi) is 9.52. The molecule has 0 atom stereocenters. The molecule has 57 heavy (non-hydrogen) atoms. The molecule has 0 N–H and O–H groups in total. The molecule has 0 amide bonds. The molecule has 7 aromatic carbocycles. The van der Waals surface area contributed by atoms with Gasteiger partial charge in [-0.3, -0.25) is 0 Å². The van der Waals surface area contributed by atoms with Crippen molar-refractivity contribution in [1.82, 2.24) is 29.9 Å². The number of hydrogen-bond donors (Lipinski definition) is 0. The number of rotatable bonds is 9. The van der Waals surface area contributed by atoms with E-state index in [-0.39, 0.29) is 0 Å². The van der Waals surface area contributed by atoms with Crippen LogP contribution in [0.15, 0.2) is 188 Å². The molecule has 0 bridgehead atoms. The Hall–Kier alpha value is -8.15. The second-order valence-electron chi connectivity index (χ2n) is 13.1. The Morgan fingerprint density at radius 3 is 1.32 bits per heavy atom. The zero-order valence-corrected chi connectivity index (χ0v) is 30.4. The van der Waals surface area contributed by atoms with Crippen molar-refractivity contribution < 1.29 is 4.74 Å². The highest BCUT2D eigenvalue weighted by molar-refractivity contribution is 5.73. The topological polar surface area (TPSA) is 110 Å². The summed E-state index contributed by atoms with van der Waals surface area (Å²) in [5.41, 5.74) is 7.51. The van der Waals surface area contributed by atoms with Gasteiger partial charge >= 0.3 is 0 Å². The summed E-state index contributed by atoms with van der Waals surface area (Å²) in [4.78, 5) is 29.5. The zero-order chi connectivity index (χ0) is 38.4. The number of nitrogens with zero attached hydrogens (tertiary/aromatic N) is 7. The minimum Gasteiger partial charge on any atom is -0.457 e. The van der Waals surface area contributed by atoms with E-state index in [0.29, 0.717) is 57.6 Å². The van der Waals surface area contributed by atoms with Crippen molar-refractivity contribution in [3.8, 4) is 97.0 Å². The molecule has 0 aliphatic carbocycles. The van der Waals surface area contributed by atoms with Crippen LogP contribution in [0, 0.1) is 11.3 Å². The Morgan fingerprint density at radius 1 is 0.333 bits per heavy atom. The quantitative estimate of drug-likeness (QED) is 0.144. The predicted octanol–water partition coefficient (Wildman–Crippen LogP) is 11.4. The molecule has 0 radical (unpaired) electrons. The van der Waals surface area contributed by atoms with E-state index >= 15 is 0 Å². The Morgan fingerprint density at radius 2 is 0.754 bits per heavy atom. The molecule has 0 saturated carbocycles. The van der Waals surface area contributed by atoms with Gasteiger partial charge in [0.15, 0.2) is 34.9 Å². The van der Waals surface area contributed by atoms with Crippen LogP contribution in [0.2, 0.25) is 0 Å². The maximum absolute atomic E-state index is 9.40. The lowest BCUT2D eigenvalue weighted by atomic mass is 10.0. The largest absolute Gasteiger partial charge is 0.457 e. The molecular formula is C49H31N7O. The Labute approximate surface area is 329 Å². The smallest absolute Gasteiger partial charge is 0.167 e. The summed E-state index contributed by atoms with van der Waals surface area (Å²) in [7, 11) is 0. The summed E-state index contributed by atoms with van der Waals surface area (Å²) >= 11 is 0. The summed E-state index contributed by atoms with van der Waals surface area (Å²) < 4.78 is 6.64. The molecule has 8 heteroatoms. The highest BCUT2D eigenvalue weighted by Gasteiger charge is 2.17. The second kappa shape index (κ2) is 15.7. The lowest BCUT2D eigenvalue weighted by Crippen LogP contribution is -2.01. The van der Waals surface area contributed by atoms with E-state index in [1.807, 2.05) is 182 Å². The number of ether oxygens (including phenoxy) is 1. The van der Waals surface area contributed by atoms with Crippen LogP contribution in [-0.4, -0.2) is 29.9 Å². The van der Waals surface area contributed by atoms with Gasteiger partial charge in [0.25, 0.3) is 0 Å². The first kappa shape index (κ1) is 34.6. The highest BCUT2D eigenvalue weighted by atomic mass is 16.5. The van der Waals surface area contributed by atoms with Crippen molar-refractivity contribution in [2.45, 2.75) is 0 Å². The summed E-state index contributed by atoms with van der Waals surface area (Å²) in [6.45, 7) is 0. The summed E-state index contributed by atoms with van der Waals surface area (Å²) in [5.74, 6) is 4.38. The molecule has 2 heterocycles. The van der Waals surface area contributed by atoms with Gasteiger partial charge in [-0.25, -0.2) is 29.9 Å². The first-order chi connectivity index (χ1) is 28.2. The van der Waals surface area contributed by atoms with Gasteiger partial charge in [-0.1, -0.05) is 152 Å². The van der Waals surface area contributed by atoms with Crippen molar-refractivity contribution in [3.63, 3.8) is 0 Å². The van der Waals surface area contributed by atoms with E-state index in [9.17, 15) is 5.26 Å². The number of nitriles is 1. The third kappa shape index (κ3) is 7.63. The van der Waals surface area contributed by atoms with Crippen molar-refractivity contribution in [2.75, 3.05) is 0 Å². The Balaban J connectivity index is 1.08. The molecular weight excluding hydrogens is 703 g/mol. The van der Waals surface area contributed by atoms with Crippen LogP contribution in [0.4, 0.5) is 0 Å². The van der Waals surface area contributed by atoms with Gasteiger partial charge in [0, 0.05) is 27.8 Å². The van der Waals surface area contributed by atoms with Gasteiger partial charge in [-0.2, -0.15) is 5.26 Å². The van der Waals surface area contributed by atoms with Gasteiger partial charge in [0.05, 0.1) is 17.2 Å².